The van der Waals surface area contributed by atoms with Crippen molar-refractivity contribution in [2.24, 2.45) is 11.8 Å². The Morgan fingerprint density at radius 1 is 0.907 bits per heavy atom. The van der Waals surface area contributed by atoms with E-state index in [2.05, 4.69) is 60.8 Å². The summed E-state index contributed by atoms with van der Waals surface area (Å²) in [6.45, 7) is 6.37. The maximum Gasteiger partial charge on any atom is 0.404 e. The molecule has 1 aromatic heterocycles. The second kappa shape index (κ2) is 17.5. The normalized spacial score (nSPS) is 18.4. The fourth-order valence-corrected chi connectivity index (χ4v) is 7.34. The third kappa shape index (κ3) is 9.86. The quantitative estimate of drug-likeness (QED) is 0.119. The molecule has 0 spiro atoms. The lowest BCUT2D eigenvalue weighted by Gasteiger charge is -2.29. The van der Waals surface area contributed by atoms with E-state index in [0.717, 1.165) is 72.2 Å². The predicted molar refractivity (Wildman–Crippen MR) is 205 cm³/mol. The van der Waals surface area contributed by atoms with E-state index in [4.69, 9.17) is 5.11 Å². The molecule has 14 heteroatoms. The van der Waals surface area contributed by atoms with E-state index in [1.54, 1.807) is 24.3 Å². The lowest BCUT2D eigenvalue weighted by atomic mass is 9.81. The van der Waals surface area contributed by atoms with E-state index in [1.807, 2.05) is 43.3 Å². The summed E-state index contributed by atoms with van der Waals surface area (Å²) in [4.78, 5) is 53.9. The van der Waals surface area contributed by atoms with Crippen molar-refractivity contribution < 1.29 is 24.3 Å². The molecule has 6 rings (SSSR count). The zero-order chi connectivity index (χ0) is 38.2. The van der Waals surface area contributed by atoms with Gasteiger partial charge in [-0.15, -0.1) is 10.2 Å². The number of aromatic nitrogens is 4. The van der Waals surface area contributed by atoms with Gasteiger partial charge in [-0.1, -0.05) is 24.3 Å². The lowest BCUT2D eigenvalue weighted by Crippen LogP contribution is -2.48. The van der Waals surface area contributed by atoms with Gasteiger partial charge in [0.2, 0.25) is 17.6 Å². The van der Waals surface area contributed by atoms with Gasteiger partial charge in [0.05, 0.1) is 0 Å². The van der Waals surface area contributed by atoms with Crippen molar-refractivity contribution in [3.63, 3.8) is 0 Å². The van der Waals surface area contributed by atoms with Crippen LogP contribution in [-0.4, -0.2) is 93.2 Å². The van der Waals surface area contributed by atoms with Crippen LogP contribution in [0.4, 0.5) is 10.5 Å². The van der Waals surface area contributed by atoms with Crippen molar-refractivity contribution in [1.82, 2.24) is 41.5 Å². The lowest BCUT2D eigenvalue weighted by molar-refractivity contribution is -0.130. The molecule has 1 saturated carbocycles. The van der Waals surface area contributed by atoms with E-state index in [-0.39, 0.29) is 42.0 Å². The first-order valence-corrected chi connectivity index (χ1v) is 18.6. The molecule has 0 unspecified atom stereocenters. The number of nitrogens with zero attached hydrogens (tertiary/aromatic N) is 4. The molecular formula is C40H49N9O5. The number of carbonyl (C=O) groups excluding carboxylic acids is 3. The number of aryl methyl sites for hydroxylation is 1. The molecule has 2 heterocycles. The number of H-pyrrole nitrogens is 1. The number of benzene rings is 3. The molecule has 1 aliphatic carbocycles. The highest BCUT2D eigenvalue weighted by Gasteiger charge is 2.30. The summed E-state index contributed by atoms with van der Waals surface area (Å²) in [5.74, 6) is -0.264. The Hall–Kier alpha value is -5.63. The van der Waals surface area contributed by atoms with Crippen molar-refractivity contribution in [2.45, 2.75) is 70.9 Å². The van der Waals surface area contributed by atoms with Gasteiger partial charge in [-0.25, -0.2) is 4.79 Å². The molecule has 4 aromatic rings. The van der Waals surface area contributed by atoms with Gasteiger partial charge in [0, 0.05) is 41.7 Å². The van der Waals surface area contributed by atoms with Gasteiger partial charge in [-0.05, 0) is 148 Å². The Balaban J connectivity index is 1.16. The summed E-state index contributed by atoms with van der Waals surface area (Å²) >= 11 is 0. The minimum absolute atomic E-state index is 0.0648. The van der Waals surface area contributed by atoms with E-state index < -0.39 is 12.1 Å². The number of carboxylic acid groups (broad SMARTS) is 1. The number of hydrogen-bond acceptors (Lipinski definition) is 8. The average molecular weight is 736 g/mol. The first-order chi connectivity index (χ1) is 26.0. The van der Waals surface area contributed by atoms with Gasteiger partial charge in [0.1, 0.15) is 6.04 Å². The summed E-state index contributed by atoms with van der Waals surface area (Å²) in [6.07, 6.45) is 3.76. The van der Waals surface area contributed by atoms with Crippen LogP contribution in [0.25, 0.3) is 22.5 Å². The fourth-order valence-electron chi connectivity index (χ4n) is 7.34. The fraction of sp³-hybridized carbons (Fsp3) is 0.425. The molecule has 14 nitrogen and oxygen atoms in total. The molecule has 0 bridgehead atoms. The van der Waals surface area contributed by atoms with Crippen molar-refractivity contribution in [3.8, 4) is 22.5 Å². The van der Waals surface area contributed by atoms with Crippen molar-refractivity contribution in [3.05, 3.63) is 82.9 Å². The molecule has 6 N–H and O–H groups in total. The van der Waals surface area contributed by atoms with Crippen LogP contribution >= 0.6 is 0 Å². The molecule has 1 aliphatic heterocycles. The van der Waals surface area contributed by atoms with Crippen molar-refractivity contribution >= 4 is 29.5 Å². The Morgan fingerprint density at radius 3 is 2.24 bits per heavy atom. The zero-order valence-corrected chi connectivity index (χ0v) is 31.0. The topological polar surface area (TPSA) is 194 Å². The summed E-state index contributed by atoms with van der Waals surface area (Å²) < 4.78 is 0. The SMILES string of the molecule is Cc1cc(C(=O)NC2CCN(C)CC2)cc(-c2ccc(C[C@H](NC(=O)[C@H]3CC[C@H](CNC(=O)O)CC3)C(=O)Nc3ccc(-c4nn[nH]n4)cc3)cc2)c1C. The smallest absolute Gasteiger partial charge is 0.404 e. The highest BCUT2D eigenvalue weighted by molar-refractivity contribution is 5.98. The average Bonchev–Trinajstić information content (AvgIpc) is 3.72. The first-order valence-electron chi connectivity index (χ1n) is 18.6. The number of tetrazole rings is 1. The Kier molecular flexibility index (Phi) is 12.3. The van der Waals surface area contributed by atoms with Gasteiger partial charge in [0.25, 0.3) is 5.91 Å². The van der Waals surface area contributed by atoms with Gasteiger partial charge in [-0.3, -0.25) is 14.4 Å². The van der Waals surface area contributed by atoms with Crippen LogP contribution < -0.4 is 21.3 Å². The molecule has 54 heavy (non-hydrogen) atoms. The number of amides is 4. The van der Waals surface area contributed by atoms with E-state index in [9.17, 15) is 19.2 Å². The summed E-state index contributed by atoms with van der Waals surface area (Å²) in [5.41, 5.74) is 6.82. The zero-order valence-electron chi connectivity index (χ0n) is 31.0. The molecular weight excluding hydrogens is 686 g/mol. The molecule has 4 amide bonds. The largest absolute Gasteiger partial charge is 0.465 e. The minimum atomic E-state index is -1.05. The third-order valence-electron chi connectivity index (χ3n) is 10.8. The summed E-state index contributed by atoms with van der Waals surface area (Å²) in [7, 11) is 2.10. The van der Waals surface area contributed by atoms with E-state index in [1.165, 1.54) is 0 Å². The number of nitrogens with one attached hydrogen (secondary N) is 5. The van der Waals surface area contributed by atoms with Gasteiger partial charge in [0.15, 0.2) is 0 Å². The number of carbonyl (C=O) groups is 4. The van der Waals surface area contributed by atoms with Crippen molar-refractivity contribution in [2.75, 3.05) is 32.0 Å². The molecule has 3 aromatic carbocycles. The van der Waals surface area contributed by atoms with E-state index in [0.29, 0.717) is 36.5 Å². The minimum Gasteiger partial charge on any atom is -0.465 e. The second-order valence-corrected chi connectivity index (χ2v) is 14.7. The predicted octanol–water partition coefficient (Wildman–Crippen LogP) is 4.71. The summed E-state index contributed by atoms with van der Waals surface area (Å²) in [6, 6.07) is 18.2. The third-order valence-corrected chi connectivity index (χ3v) is 10.8. The Morgan fingerprint density at radius 2 is 1.59 bits per heavy atom. The van der Waals surface area contributed by atoms with Gasteiger partial charge < -0.3 is 31.3 Å². The Bertz CT molecular complexity index is 1920. The van der Waals surface area contributed by atoms with Crippen LogP contribution in [0.2, 0.25) is 0 Å². The molecule has 1 saturated heterocycles. The second-order valence-electron chi connectivity index (χ2n) is 14.7. The molecule has 1 atom stereocenters. The number of rotatable bonds is 12. The molecule has 2 aliphatic rings. The maximum absolute atomic E-state index is 13.8. The number of hydrogen-bond donors (Lipinski definition) is 6. The van der Waals surface area contributed by atoms with Crippen LogP contribution in [0.3, 0.4) is 0 Å². The van der Waals surface area contributed by atoms with Crippen LogP contribution in [0, 0.1) is 25.7 Å². The van der Waals surface area contributed by atoms with Crippen LogP contribution in [-0.2, 0) is 16.0 Å². The van der Waals surface area contributed by atoms with Crippen LogP contribution in [0.5, 0.6) is 0 Å². The standard InChI is InChI=1S/C40H49N9O5/c1-24-20-31(38(51)42-33-16-18-49(3)19-17-33)22-34(25(24)2)28-8-4-26(5-9-28)21-35(44-37(50)30-10-6-27(7-11-30)23-41-40(53)54)39(52)43-32-14-12-29(13-15-32)36-45-47-48-46-36/h4-5,8-9,12-15,20,22,27,30,33,35,41H,6-7,10-11,16-19,21,23H2,1-3H3,(H,42,51)(H,43,52)(H,44,50)(H,53,54)(H,45,46,47,48)/t27-,30-,35-/m0/s1. The monoisotopic (exact) mass is 735 g/mol. The number of likely N-dealkylation sites (tertiary alicyclic amines) is 1. The highest BCUT2D eigenvalue weighted by atomic mass is 16.4. The van der Waals surface area contributed by atoms with Crippen LogP contribution in [0.15, 0.2) is 60.7 Å². The molecule has 2 fully saturated rings. The molecule has 284 valence electrons. The number of piperidine rings is 1. The van der Waals surface area contributed by atoms with Crippen LogP contribution in [0.1, 0.15) is 65.6 Å². The van der Waals surface area contributed by atoms with Gasteiger partial charge >= 0.3 is 6.09 Å². The highest BCUT2D eigenvalue weighted by Crippen LogP contribution is 2.30. The first kappa shape index (κ1) is 38.1. The number of aromatic amines is 1. The Labute approximate surface area is 314 Å². The molecule has 0 radical (unpaired) electrons. The van der Waals surface area contributed by atoms with Gasteiger partial charge in [-0.2, -0.15) is 5.21 Å². The maximum atomic E-state index is 13.8. The number of anilines is 1. The van der Waals surface area contributed by atoms with E-state index >= 15 is 0 Å². The van der Waals surface area contributed by atoms with Crippen molar-refractivity contribution in [1.29, 1.82) is 0 Å². The summed E-state index contributed by atoms with van der Waals surface area (Å²) in [5, 5.41) is 34.6.